The van der Waals surface area contributed by atoms with Gasteiger partial charge in [-0.25, -0.2) is 4.39 Å². The minimum atomic E-state index is -0.748. The number of β-amino-alcohol motifs (C(OH)–C–C–N with tert-alkyl or cyclic N) is 1. The second kappa shape index (κ2) is 6.98. The van der Waals surface area contributed by atoms with E-state index in [1.54, 1.807) is 49.1 Å². The van der Waals surface area contributed by atoms with Crippen LogP contribution < -0.4 is 0 Å². The minimum Gasteiger partial charge on any atom is -0.451 e. The molecule has 1 fully saturated rings. The molecule has 1 aromatic carbocycles. The molecule has 1 N–H and O–H groups in total. The van der Waals surface area contributed by atoms with E-state index >= 15 is 0 Å². The third kappa shape index (κ3) is 4.27. The Labute approximate surface area is 146 Å². The van der Waals surface area contributed by atoms with Crippen molar-refractivity contribution < 1.29 is 18.7 Å². The van der Waals surface area contributed by atoms with Crippen molar-refractivity contribution in [3.05, 3.63) is 48.0 Å². The summed E-state index contributed by atoms with van der Waals surface area (Å²) in [5, 5.41) is 9.89. The van der Waals surface area contributed by atoms with E-state index in [2.05, 4.69) is 4.90 Å². The molecule has 0 radical (unpaired) electrons. The van der Waals surface area contributed by atoms with Gasteiger partial charge in [-0.05, 0) is 38.1 Å². The van der Waals surface area contributed by atoms with E-state index in [9.17, 15) is 14.3 Å². The van der Waals surface area contributed by atoms with Crippen LogP contribution in [-0.2, 0) is 0 Å². The summed E-state index contributed by atoms with van der Waals surface area (Å²) in [6.07, 6.45) is 0. The summed E-state index contributed by atoms with van der Waals surface area (Å²) in [5.41, 5.74) is -0.404. The zero-order valence-corrected chi connectivity index (χ0v) is 14.5. The number of carbonyl (C=O) groups is 1. The zero-order valence-electron chi connectivity index (χ0n) is 14.5. The number of hydrogen-bond donors (Lipinski definition) is 1. The van der Waals surface area contributed by atoms with E-state index < -0.39 is 5.60 Å². The smallest absolute Gasteiger partial charge is 0.289 e. The number of halogens is 1. The average Bonchev–Trinajstić information content (AvgIpc) is 3.03. The van der Waals surface area contributed by atoms with E-state index in [0.717, 1.165) is 0 Å². The second-order valence-electron chi connectivity index (χ2n) is 7.02. The number of nitrogens with zero attached hydrogens (tertiary/aromatic N) is 2. The molecule has 1 amide bonds. The fourth-order valence-electron chi connectivity index (χ4n) is 3.07. The van der Waals surface area contributed by atoms with Gasteiger partial charge in [-0.15, -0.1) is 0 Å². The van der Waals surface area contributed by atoms with Crippen molar-refractivity contribution in [2.24, 2.45) is 0 Å². The molecule has 0 aliphatic carbocycles. The van der Waals surface area contributed by atoms with Crippen molar-refractivity contribution in [3.63, 3.8) is 0 Å². The van der Waals surface area contributed by atoms with Crippen LogP contribution in [0.25, 0.3) is 11.3 Å². The van der Waals surface area contributed by atoms with Crippen LogP contribution in [0, 0.1) is 5.82 Å². The molecular weight excluding hydrogens is 323 g/mol. The van der Waals surface area contributed by atoms with Gasteiger partial charge in [0, 0.05) is 32.7 Å². The molecule has 1 aliphatic heterocycles. The van der Waals surface area contributed by atoms with Gasteiger partial charge < -0.3 is 14.4 Å². The molecule has 0 unspecified atom stereocenters. The first-order chi connectivity index (χ1) is 11.8. The number of hydrogen-bond acceptors (Lipinski definition) is 4. The van der Waals surface area contributed by atoms with Crippen molar-refractivity contribution in [1.29, 1.82) is 0 Å². The number of benzene rings is 1. The Kier molecular flexibility index (Phi) is 4.92. The summed E-state index contributed by atoms with van der Waals surface area (Å²) in [4.78, 5) is 16.5. The fourth-order valence-corrected chi connectivity index (χ4v) is 3.07. The van der Waals surface area contributed by atoms with Crippen LogP contribution >= 0.6 is 0 Å². The van der Waals surface area contributed by atoms with Gasteiger partial charge in [-0.2, -0.15) is 0 Å². The van der Waals surface area contributed by atoms with Crippen LogP contribution in [-0.4, -0.2) is 59.1 Å². The predicted molar refractivity (Wildman–Crippen MR) is 92.7 cm³/mol. The van der Waals surface area contributed by atoms with Crippen LogP contribution in [0.15, 0.2) is 40.8 Å². The molecule has 0 saturated carbocycles. The van der Waals surface area contributed by atoms with Crippen LogP contribution in [0.4, 0.5) is 4.39 Å². The van der Waals surface area contributed by atoms with Gasteiger partial charge in [0.15, 0.2) is 5.76 Å². The van der Waals surface area contributed by atoms with Crippen LogP contribution in [0.3, 0.4) is 0 Å². The topological polar surface area (TPSA) is 56.9 Å². The van der Waals surface area contributed by atoms with Gasteiger partial charge in [-0.1, -0.05) is 12.1 Å². The van der Waals surface area contributed by atoms with Gasteiger partial charge >= 0.3 is 0 Å². The predicted octanol–water partition coefficient (Wildman–Crippen LogP) is 2.61. The first-order valence-corrected chi connectivity index (χ1v) is 8.42. The average molecular weight is 346 g/mol. The van der Waals surface area contributed by atoms with E-state index in [1.165, 1.54) is 6.07 Å². The van der Waals surface area contributed by atoms with Crippen molar-refractivity contribution in [2.75, 3.05) is 32.7 Å². The van der Waals surface area contributed by atoms with Crippen molar-refractivity contribution in [1.82, 2.24) is 9.80 Å². The highest BCUT2D eigenvalue weighted by molar-refractivity contribution is 5.92. The van der Waals surface area contributed by atoms with Crippen molar-refractivity contribution >= 4 is 5.91 Å². The molecule has 5 nitrogen and oxygen atoms in total. The molecule has 1 saturated heterocycles. The number of aliphatic hydroxyl groups is 1. The Balaban J connectivity index is 1.64. The standard InChI is InChI=1S/C19H23FN2O3/c1-19(2,24)13-21-9-11-22(12-10-21)18(23)17-8-7-16(25-17)14-5-3-4-6-15(14)20/h3-8,24H,9-13H2,1-2H3. The third-order valence-electron chi connectivity index (χ3n) is 4.23. The lowest BCUT2D eigenvalue weighted by Crippen LogP contribution is -2.51. The molecule has 25 heavy (non-hydrogen) atoms. The highest BCUT2D eigenvalue weighted by Gasteiger charge is 2.27. The number of rotatable bonds is 4. The Hall–Kier alpha value is -2.18. The summed E-state index contributed by atoms with van der Waals surface area (Å²) in [6.45, 7) is 6.69. The molecule has 0 bridgehead atoms. The Bertz CT molecular complexity index is 743. The maximum atomic E-state index is 13.8. The van der Waals surface area contributed by atoms with Crippen molar-refractivity contribution in [3.8, 4) is 11.3 Å². The van der Waals surface area contributed by atoms with E-state index in [-0.39, 0.29) is 17.5 Å². The maximum absolute atomic E-state index is 13.8. The molecule has 1 aliphatic rings. The van der Waals surface area contributed by atoms with Crippen LogP contribution in [0.5, 0.6) is 0 Å². The lowest BCUT2D eigenvalue weighted by atomic mass is 10.1. The van der Waals surface area contributed by atoms with Gasteiger partial charge in [0.2, 0.25) is 0 Å². The molecule has 134 valence electrons. The quantitative estimate of drug-likeness (QED) is 0.925. The Morgan fingerprint density at radius 3 is 2.48 bits per heavy atom. The number of carbonyl (C=O) groups excluding carboxylic acids is 1. The normalized spacial score (nSPS) is 16.2. The van der Waals surface area contributed by atoms with Gasteiger partial charge in [0.1, 0.15) is 11.6 Å². The summed E-state index contributed by atoms with van der Waals surface area (Å²) < 4.78 is 19.4. The summed E-state index contributed by atoms with van der Waals surface area (Å²) in [7, 11) is 0. The molecule has 3 rings (SSSR count). The summed E-state index contributed by atoms with van der Waals surface area (Å²) in [5.74, 6) is -0.00196. The SMILES string of the molecule is CC(C)(O)CN1CCN(C(=O)c2ccc(-c3ccccc3F)o2)CC1. The molecule has 1 aromatic heterocycles. The molecule has 6 heteroatoms. The van der Waals surface area contributed by atoms with E-state index in [0.29, 0.717) is 44.0 Å². The van der Waals surface area contributed by atoms with Crippen LogP contribution in [0.2, 0.25) is 0 Å². The van der Waals surface area contributed by atoms with Gasteiger partial charge in [0.25, 0.3) is 5.91 Å². The monoisotopic (exact) mass is 346 g/mol. The van der Waals surface area contributed by atoms with Crippen LogP contribution in [0.1, 0.15) is 24.4 Å². The summed E-state index contributed by atoms with van der Waals surface area (Å²) >= 11 is 0. The van der Waals surface area contributed by atoms with Gasteiger partial charge in [-0.3, -0.25) is 9.69 Å². The van der Waals surface area contributed by atoms with E-state index in [4.69, 9.17) is 4.42 Å². The second-order valence-corrected chi connectivity index (χ2v) is 7.02. The summed E-state index contributed by atoms with van der Waals surface area (Å²) in [6, 6.07) is 9.54. The Morgan fingerprint density at radius 2 is 1.84 bits per heavy atom. The van der Waals surface area contributed by atoms with Crippen molar-refractivity contribution in [2.45, 2.75) is 19.4 Å². The Morgan fingerprint density at radius 1 is 1.16 bits per heavy atom. The third-order valence-corrected chi connectivity index (χ3v) is 4.23. The fraction of sp³-hybridized carbons (Fsp3) is 0.421. The minimum absolute atomic E-state index is 0.189. The molecule has 0 atom stereocenters. The maximum Gasteiger partial charge on any atom is 0.289 e. The number of furan rings is 1. The first-order valence-electron chi connectivity index (χ1n) is 8.42. The molecule has 0 spiro atoms. The number of piperazine rings is 1. The molecule has 2 heterocycles. The molecular formula is C19H23FN2O3. The lowest BCUT2D eigenvalue weighted by Gasteiger charge is -2.36. The highest BCUT2D eigenvalue weighted by atomic mass is 19.1. The largest absolute Gasteiger partial charge is 0.451 e. The van der Waals surface area contributed by atoms with E-state index in [1.807, 2.05) is 0 Å². The lowest BCUT2D eigenvalue weighted by molar-refractivity contribution is 0.0172. The zero-order chi connectivity index (χ0) is 18.0. The number of amides is 1. The first kappa shape index (κ1) is 17.6. The highest BCUT2D eigenvalue weighted by Crippen LogP contribution is 2.25. The van der Waals surface area contributed by atoms with Gasteiger partial charge in [0.05, 0.1) is 11.2 Å². The molecule has 2 aromatic rings.